The minimum Gasteiger partial charge on any atom is -0.379 e. The summed E-state index contributed by atoms with van der Waals surface area (Å²) in [5.41, 5.74) is 22.6. The van der Waals surface area contributed by atoms with Crippen molar-refractivity contribution in [3.63, 3.8) is 0 Å². The van der Waals surface area contributed by atoms with E-state index in [1.807, 2.05) is 0 Å². The molecule has 0 amide bonds. The lowest BCUT2D eigenvalue weighted by Gasteiger charge is -2.33. The molecule has 3 nitrogen and oxygen atoms in total. The molecule has 0 saturated carbocycles. The summed E-state index contributed by atoms with van der Waals surface area (Å²) in [7, 11) is 0. The molecule has 2 aliphatic rings. The van der Waals surface area contributed by atoms with Crippen LogP contribution >= 0.6 is 0 Å². The quantitative estimate of drug-likeness (QED) is 0.156. The van der Waals surface area contributed by atoms with Crippen LogP contribution in [-0.4, -0.2) is 12.1 Å². The first-order valence-corrected chi connectivity index (χ1v) is 25.9. The van der Waals surface area contributed by atoms with Crippen LogP contribution in [0.5, 0.6) is 0 Å². The fourth-order valence-electron chi connectivity index (χ4n) is 8.57. The third kappa shape index (κ3) is 16.1. The number of benzene rings is 8. The number of nitrogens with zero attached hydrogens (tertiary/aromatic N) is 2. The summed E-state index contributed by atoms with van der Waals surface area (Å²) >= 11 is 0. The summed E-state index contributed by atoms with van der Waals surface area (Å²) in [4.78, 5) is 4.77. The van der Waals surface area contributed by atoms with E-state index in [-0.39, 0.29) is 6.04 Å². The van der Waals surface area contributed by atoms with Gasteiger partial charge in [0.1, 0.15) is 0 Å². The van der Waals surface area contributed by atoms with E-state index in [1.54, 1.807) is 0 Å². The second-order valence-electron chi connectivity index (χ2n) is 19.9. The normalized spacial score (nSPS) is 14.4. The maximum Gasteiger partial charge on any atom is 0.0560 e. The second kappa shape index (κ2) is 26.0. The Hall–Kier alpha value is -7.88. The molecule has 8 aromatic carbocycles. The lowest BCUT2D eigenvalue weighted by atomic mass is 9.96. The molecule has 0 fully saturated rings. The maximum absolute atomic E-state index is 3.73. The molecule has 0 aromatic heterocycles. The van der Waals surface area contributed by atoms with E-state index in [4.69, 9.17) is 0 Å². The summed E-state index contributed by atoms with van der Waals surface area (Å²) in [6.07, 6.45) is 15.8. The number of nitrogens with one attached hydrogen (secondary N) is 1. The molecule has 1 N–H and O–H groups in total. The molecule has 370 valence electrons. The standard InChI is InChI=1S/C46H45N3.3C8H10/c1-33-5-21-41(22-6-33)48(42-23-7-34(2)8-24-42)45-29-15-38(16-30-45)37-13-17-39(18-14-37)47-40-19-31-46(32-20-40)49(43-25-9-35(3)10-26-43)44-27-11-36(4)12-28-44;3*1-7-3-5-8(2)6-4-7/h5-17,19-23,25-32,39,42,47H,18,24H2,1-4H3;3*3-6H,1-2H3. The smallest absolute Gasteiger partial charge is 0.0560 e. The van der Waals surface area contributed by atoms with Gasteiger partial charge in [-0.3, -0.25) is 0 Å². The van der Waals surface area contributed by atoms with Crippen molar-refractivity contribution < 1.29 is 0 Å². The van der Waals surface area contributed by atoms with E-state index < -0.39 is 0 Å². The highest BCUT2D eigenvalue weighted by Crippen LogP contribution is 2.37. The van der Waals surface area contributed by atoms with Crippen molar-refractivity contribution in [2.24, 2.45) is 0 Å². The van der Waals surface area contributed by atoms with Gasteiger partial charge in [0, 0.05) is 40.2 Å². The van der Waals surface area contributed by atoms with Crippen LogP contribution in [0.2, 0.25) is 0 Å². The molecular formula is C70H75N3. The molecule has 2 unspecified atom stereocenters. The molecule has 3 heteroatoms. The van der Waals surface area contributed by atoms with Crippen molar-refractivity contribution in [3.8, 4) is 0 Å². The van der Waals surface area contributed by atoms with Crippen LogP contribution in [-0.2, 0) is 0 Å². The van der Waals surface area contributed by atoms with Gasteiger partial charge in [-0.2, -0.15) is 0 Å². The van der Waals surface area contributed by atoms with E-state index in [1.165, 1.54) is 78.2 Å². The average molecular weight is 958 g/mol. The molecule has 2 atom stereocenters. The van der Waals surface area contributed by atoms with Crippen molar-refractivity contribution in [1.82, 2.24) is 0 Å². The molecule has 2 aliphatic carbocycles. The first-order chi connectivity index (χ1) is 35.3. The van der Waals surface area contributed by atoms with Crippen molar-refractivity contribution in [3.05, 3.63) is 292 Å². The van der Waals surface area contributed by atoms with Gasteiger partial charge < -0.3 is 15.1 Å². The van der Waals surface area contributed by atoms with E-state index in [0.717, 1.165) is 35.6 Å². The molecule has 10 rings (SSSR count). The Labute approximate surface area is 438 Å². The Morgan fingerprint density at radius 2 is 0.658 bits per heavy atom. The molecule has 0 heterocycles. The number of aryl methyl sites for hydroxylation is 9. The Morgan fingerprint density at radius 1 is 0.329 bits per heavy atom. The van der Waals surface area contributed by atoms with Crippen molar-refractivity contribution in [2.45, 2.75) is 94.2 Å². The van der Waals surface area contributed by atoms with Gasteiger partial charge in [0.05, 0.1) is 6.04 Å². The summed E-state index contributed by atoms with van der Waals surface area (Å²) in [6, 6.07) is 70.2. The van der Waals surface area contributed by atoms with Gasteiger partial charge in [-0.15, -0.1) is 0 Å². The molecule has 0 spiro atoms. The fourth-order valence-corrected chi connectivity index (χ4v) is 8.57. The zero-order valence-electron chi connectivity index (χ0n) is 44.9. The average Bonchev–Trinajstić information content (AvgIpc) is 3.40. The number of hydrogen-bond acceptors (Lipinski definition) is 3. The topological polar surface area (TPSA) is 18.5 Å². The number of allylic oxidation sites excluding steroid dienone is 4. The van der Waals surface area contributed by atoms with Gasteiger partial charge in [0.2, 0.25) is 0 Å². The molecule has 0 bridgehead atoms. The van der Waals surface area contributed by atoms with Gasteiger partial charge in [-0.1, -0.05) is 213 Å². The first-order valence-electron chi connectivity index (χ1n) is 25.9. The van der Waals surface area contributed by atoms with Crippen LogP contribution < -0.4 is 15.1 Å². The zero-order chi connectivity index (χ0) is 51.7. The Morgan fingerprint density at radius 3 is 0.986 bits per heavy atom. The fraction of sp³-hybridized carbons (Fsp3) is 0.200. The Bertz CT molecular complexity index is 2850. The minimum absolute atomic E-state index is 0.241. The van der Waals surface area contributed by atoms with Crippen LogP contribution in [0.1, 0.15) is 75.4 Å². The minimum atomic E-state index is 0.241. The van der Waals surface area contributed by atoms with E-state index >= 15 is 0 Å². The van der Waals surface area contributed by atoms with Gasteiger partial charge >= 0.3 is 0 Å². The molecule has 73 heavy (non-hydrogen) atoms. The largest absolute Gasteiger partial charge is 0.379 e. The first kappa shape index (κ1) is 52.9. The Balaban J connectivity index is 0.000000263. The third-order valence-electron chi connectivity index (χ3n) is 13.2. The third-order valence-corrected chi connectivity index (χ3v) is 13.2. The van der Waals surface area contributed by atoms with Crippen molar-refractivity contribution in [1.29, 1.82) is 0 Å². The lowest BCUT2D eigenvalue weighted by molar-refractivity contribution is 0.779. The molecule has 0 saturated heterocycles. The zero-order valence-corrected chi connectivity index (χ0v) is 44.9. The number of hydrogen-bond donors (Lipinski definition) is 1. The summed E-state index contributed by atoms with van der Waals surface area (Å²) in [5.74, 6) is 0. The van der Waals surface area contributed by atoms with Crippen molar-refractivity contribution >= 4 is 39.7 Å². The van der Waals surface area contributed by atoms with Crippen LogP contribution in [0.25, 0.3) is 5.57 Å². The SMILES string of the molecule is CC1=CCC(N(c2ccc(C)cc2)c2ccc(C3=CCC(Nc4ccc(N(c5ccc(C)cc5)c5ccc(C)cc5)cc4)C=C3)cc2)C=C1.Cc1ccc(C)cc1.Cc1ccc(C)cc1.Cc1ccc(C)cc1. The Kier molecular flexibility index (Phi) is 18.9. The van der Waals surface area contributed by atoms with Gasteiger partial charge in [-0.25, -0.2) is 0 Å². The summed E-state index contributed by atoms with van der Waals surface area (Å²) in [5, 5.41) is 3.73. The van der Waals surface area contributed by atoms with Gasteiger partial charge in [0.15, 0.2) is 0 Å². The van der Waals surface area contributed by atoms with E-state index in [0.29, 0.717) is 6.04 Å². The van der Waals surface area contributed by atoms with Crippen LogP contribution in [0, 0.1) is 62.3 Å². The maximum atomic E-state index is 3.73. The van der Waals surface area contributed by atoms with Gasteiger partial charge in [-0.05, 0) is 166 Å². The highest BCUT2D eigenvalue weighted by atomic mass is 15.2. The van der Waals surface area contributed by atoms with Crippen molar-refractivity contribution in [2.75, 3.05) is 15.1 Å². The summed E-state index contributed by atoms with van der Waals surface area (Å²) in [6.45, 7) is 21.2. The van der Waals surface area contributed by atoms with E-state index in [2.05, 4.69) is 315 Å². The monoisotopic (exact) mass is 958 g/mol. The lowest BCUT2D eigenvalue weighted by Crippen LogP contribution is -2.30. The van der Waals surface area contributed by atoms with Gasteiger partial charge in [0.25, 0.3) is 0 Å². The molecule has 8 aromatic rings. The molecule has 0 aliphatic heterocycles. The van der Waals surface area contributed by atoms with Crippen LogP contribution in [0.3, 0.4) is 0 Å². The summed E-state index contributed by atoms with van der Waals surface area (Å²) < 4.78 is 0. The molecule has 0 radical (unpaired) electrons. The highest BCUT2D eigenvalue weighted by molar-refractivity contribution is 5.79. The predicted molar refractivity (Wildman–Crippen MR) is 319 cm³/mol. The van der Waals surface area contributed by atoms with Crippen LogP contribution in [0.4, 0.5) is 34.1 Å². The highest BCUT2D eigenvalue weighted by Gasteiger charge is 2.20. The van der Waals surface area contributed by atoms with Crippen LogP contribution in [0.15, 0.2) is 236 Å². The second-order valence-corrected chi connectivity index (χ2v) is 19.9. The number of rotatable bonds is 9. The number of anilines is 6. The van der Waals surface area contributed by atoms with E-state index in [9.17, 15) is 0 Å². The molecular weight excluding hydrogens is 883 g/mol. The predicted octanol–water partition coefficient (Wildman–Crippen LogP) is 19.2.